The van der Waals surface area contributed by atoms with E-state index in [1.807, 2.05) is 19.1 Å². The molecule has 0 aromatic heterocycles. The zero-order valence-corrected chi connectivity index (χ0v) is 12.8. The van der Waals surface area contributed by atoms with E-state index in [9.17, 15) is 15.0 Å². The summed E-state index contributed by atoms with van der Waals surface area (Å²) in [5.74, 6) is -1.09. The summed E-state index contributed by atoms with van der Waals surface area (Å²) in [5, 5.41) is 30.4. The zero-order valence-electron chi connectivity index (χ0n) is 12.8. The third-order valence-electron chi connectivity index (χ3n) is 2.83. The smallest absolute Gasteiger partial charge is 0.262 e. The van der Waals surface area contributed by atoms with E-state index < -0.39 is 5.91 Å². The number of nitrogens with zero attached hydrogens (tertiary/aromatic N) is 1. The minimum atomic E-state index is -0.513. The van der Waals surface area contributed by atoms with Gasteiger partial charge in [0.05, 0.1) is 0 Å². The van der Waals surface area contributed by atoms with Crippen LogP contribution in [0.15, 0.2) is 60.2 Å². The van der Waals surface area contributed by atoms with Crippen molar-refractivity contribution in [2.75, 3.05) is 6.54 Å². The topological polar surface area (TPSA) is 93.4 Å². The minimum absolute atomic E-state index is 0.0930. The Morgan fingerprint density at radius 3 is 2.70 bits per heavy atom. The van der Waals surface area contributed by atoms with E-state index in [4.69, 9.17) is 5.26 Å². The second kappa shape index (κ2) is 8.90. The summed E-state index contributed by atoms with van der Waals surface area (Å²) in [6.07, 6.45) is 8.38. The van der Waals surface area contributed by atoms with Gasteiger partial charge in [-0.1, -0.05) is 42.5 Å². The number of carbonyl (C=O) groups excluding carboxylic acids is 1. The second-order valence-corrected chi connectivity index (χ2v) is 4.73. The van der Waals surface area contributed by atoms with Crippen LogP contribution in [-0.2, 0) is 4.79 Å². The first-order valence-corrected chi connectivity index (χ1v) is 6.84. The summed E-state index contributed by atoms with van der Waals surface area (Å²) < 4.78 is 0. The lowest BCUT2D eigenvalue weighted by atomic mass is 10.1. The van der Waals surface area contributed by atoms with Gasteiger partial charge < -0.3 is 15.5 Å². The van der Waals surface area contributed by atoms with E-state index in [2.05, 4.69) is 11.9 Å². The molecular formula is C18H18N2O3. The Bertz CT molecular complexity index is 722. The molecule has 1 amide bonds. The molecule has 0 bridgehead atoms. The molecule has 1 aromatic carbocycles. The lowest BCUT2D eigenvalue weighted by molar-refractivity contribution is -0.116. The van der Waals surface area contributed by atoms with Crippen molar-refractivity contribution in [1.82, 2.24) is 5.32 Å². The van der Waals surface area contributed by atoms with Crippen LogP contribution < -0.4 is 5.32 Å². The van der Waals surface area contributed by atoms with E-state index in [0.717, 1.165) is 5.57 Å². The number of carbonyl (C=O) groups is 1. The molecule has 0 saturated heterocycles. The molecule has 0 aliphatic heterocycles. The van der Waals surface area contributed by atoms with Crippen LogP contribution in [0.4, 0.5) is 0 Å². The first kappa shape index (κ1) is 17.8. The maximum absolute atomic E-state index is 12.0. The van der Waals surface area contributed by atoms with Crippen molar-refractivity contribution in [3.05, 3.63) is 65.8 Å². The van der Waals surface area contributed by atoms with E-state index in [0.29, 0.717) is 12.1 Å². The third-order valence-corrected chi connectivity index (χ3v) is 2.83. The quantitative estimate of drug-likeness (QED) is 0.326. The molecule has 0 aliphatic carbocycles. The van der Waals surface area contributed by atoms with Crippen molar-refractivity contribution in [3.63, 3.8) is 0 Å². The Hall–Kier alpha value is -3.26. The van der Waals surface area contributed by atoms with E-state index >= 15 is 0 Å². The summed E-state index contributed by atoms with van der Waals surface area (Å²) in [4.78, 5) is 12.0. The van der Waals surface area contributed by atoms with Crippen LogP contribution in [0.5, 0.6) is 11.5 Å². The van der Waals surface area contributed by atoms with Crippen molar-refractivity contribution in [1.29, 1.82) is 5.26 Å². The highest BCUT2D eigenvalue weighted by Gasteiger charge is 2.09. The fourth-order valence-electron chi connectivity index (χ4n) is 1.62. The van der Waals surface area contributed by atoms with Gasteiger partial charge in [0.15, 0.2) is 11.5 Å². The number of hydrogen-bond donors (Lipinski definition) is 3. The number of phenolic OH excluding ortho intramolecular Hbond substituents is 2. The van der Waals surface area contributed by atoms with Gasteiger partial charge in [0.1, 0.15) is 11.6 Å². The number of amides is 1. The number of nitrogens with one attached hydrogen (secondary N) is 1. The van der Waals surface area contributed by atoms with Crippen molar-refractivity contribution in [2.24, 2.45) is 0 Å². The van der Waals surface area contributed by atoms with Crippen molar-refractivity contribution >= 4 is 12.0 Å². The van der Waals surface area contributed by atoms with E-state index in [-0.39, 0.29) is 17.1 Å². The number of allylic oxidation sites excluding steroid dienone is 4. The van der Waals surface area contributed by atoms with Gasteiger partial charge in [0, 0.05) is 6.54 Å². The molecule has 0 unspecified atom stereocenters. The summed E-state index contributed by atoms with van der Waals surface area (Å²) >= 11 is 0. The van der Waals surface area contributed by atoms with Crippen LogP contribution in [-0.4, -0.2) is 22.7 Å². The zero-order chi connectivity index (χ0) is 17.2. The highest BCUT2D eigenvalue weighted by Crippen LogP contribution is 2.25. The van der Waals surface area contributed by atoms with E-state index in [1.54, 1.807) is 18.2 Å². The molecule has 1 rings (SSSR count). The van der Waals surface area contributed by atoms with E-state index in [1.165, 1.54) is 24.3 Å². The molecule has 5 nitrogen and oxygen atoms in total. The monoisotopic (exact) mass is 310 g/mol. The number of rotatable bonds is 6. The van der Waals surface area contributed by atoms with Crippen LogP contribution in [0.3, 0.4) is 0 Å². The van der Waals surface area contributed by atoms with Gasteiger partial charge in [0.2, 0.25) is 0 Å². The Labute approximate surface area is 135 Å². The normalized spacial score (nSPS) is 12.0. The molecule has 0 saturated carbocycles. The fraction of sp³-hybridized carbons (Fsp3) is 0.111. The van der Waals surface area contributed by atoms with Gasteiger partial charge in [-0.15, -0.1) is 0 Å². The molecule has 0 aliphatic rings. The lowest BCUT2D eigenvalue weighted by Crippen LogP contribution is -2.26. The molecule has 118 valence electrons. The van der Waals surface area contributed by atoms with Crippen LogP contribution >= 0.6 is 0 Å². The van der Waals surface area contributed by atoms with Gasteiger partial charge in [-0.25, -0.2) is 0 Å². The number of benzene rings is 1. The molecule has 5 heteroatoms. The largest absolute Gasteiger partial charge is 0.504 e. The van der Waals surface area contributed by atoms with Crippen molar-refractivity contribution in [3.8, 4) is 17.6 Å². The van der Waals surface area contributed by atoms with Crippen LogP contribution in [0, 0.1) is 11.3 Å². The summed E-state index contributed by atoms with van der Waals surface area (Å²) in [6, 6.07) is 5.86. The average molecular weight is 310 g/mol. The number of phenols is 2. The molecule has 0 fully saturated rings. The van der Waals surface area contributed by atoms with Crippen molar-refractivity contribution in [2.45, 2.75) is 6.92 Å². The molecular weight excluding hydrogens is 292 g/mol. The number of hydrogen-bond acceptors (Lipinski definition) is 4. The van der Waals surface area contributed by atoms with Crippen LogP contribution in [0.25, 0.3) is 6.08 Å². The maximum Gasteiger partial charge on any atom is 0.262 e. The minimum Gasteiger partial charge on any atom is -0.504 e. The molecule has 0 spiro atoms. The number of nitriles is 1. The van der Waals surface area contributed by atoms with Crippen molar-refractivity contribution < 1.29 is 15.0 Å². The standard InChI is InChI=1S/C18H18N2O3/c1-3-4-5-6-13(2)12-20-18(23)15(11-19)9-14-7-8-16(21)17(22)10-14/h3-10,21-22H,1,12H2,2H3,(H,20,23)/b5-4-,13-6+,15-9+. The predicted molar refractivity (Wildman–Crippen MR) is 89.5 cm³/mol. The van der Waals surface area contributed by atoms with Gasteiger partial charge in [-0.2, -0.15) is 5.26 Å². The Kier molecular flexibility index (Phi) is 6.89. The SMILES string of the molecule is C=C/C=C\C=C(/C)CNC(=O)/C(C#N)=C/c1ccc(O)c(O)c1. The summed E-state index contributed by atoms with van der Waals surface area (Å²) in [7, 11) is 0. The third kappa shape index (κ3) is 5.94. The van der Waals surface area contributed by atoms with Gasteiger partial charge in [-0.3, -0.25) is 4.79 Å². The molecule has 0 radical (unpaired) electrons. The first-order valence-electron chi connectivity index (χ1n) is 6.84. The maximum atomic E-state index is 12.0. The van der Waals surface area contributed by atoms with Crippen LogP contribution in [0.2, 0.25) is 0 Å². The molecule has 0 atom stereocenters. The lowest BCUT2D eigenvalue weighted by Gasteiger charge is -2.04. The fourth-order valence-corrected chi connectivity index (χ4v) is 1.62. The average Bonchev–Trinajstić information content (AvgIpc) is 2.53. The Morgan fingerprint density at radius 2 is 2.09 bits per heavy atom. The van der Waals surface area contributed by atoms with Crippen LogP contribution in [0.1, 0.15) is 12.5 Å². The Morgan fingerprint density at radius 1 is 1.35 bits per heavy atom. The summed E-state index contributed by atoms with van der Waals surface area (Å²) in [6.45, 7) is 5.71. The molecule has 0 heterocycles. The Balaban J connectivity index is 2.79. The summed E-state index contributed by atoms with van der Waals surface area (Å²) in [5.41, 5.74) is 1.26. The van der Waals surface area contributed by atoms with Gasteiger partial charge in [0.25, 0.3) is 5.91 Å². The first-order chi connectivity index (χ1) is 11.0. The highest BCUT2D eigenvalue weighted by atomic mass is 16.3. The highest BCUT2D eigenvalue weighted by molar-refractivity contribution is 6.01. The van der Waals surface area contributed by atoms with Gasteiger partial charge >= 0.3 is 0 Å². The molecule has 1 aromatic rings. The predicted octanol–water partition coefficient (Wildman–Crippen LogP) is 2.81. The van der Waals surface area contributed by atoms with Gasteiger partial charge in [-0.05, 0) is 30.7 Å². The number of aromatic hydroxyl groups is 2. The molecule has 23 heavy (non-hydrogen) atoms. The molecule has 3 N–H and O–H groups in total. The second-order valence-electron chi connectivity index (χ2n) is 4.73.